The summed E-state index contributed by atoms with van der Waals surface area (Å²) in [6, 6.07) is 6.78. The topological polar surface area (TPSA) is 66.7 Å². The van der Waals surface area contributed by atoms with Crippen LogP contribution in [0.15, 0.2) is 34.8 Å². The monoisotopic (exact) mass is 311 g/mol. The Labute approximate surface area is 135 Å². The highest BCUT2D eigenvalue weighted by Crippen LogP contribution is 2.46. The van der Waals surface area contributed by atoms with E-state index in [1.54, 1.807) is 0 Å². The smallest absolute Gasteiger partial charge is 0.328 e. The minimum absolute atomic E-state index is 0.0951. The Balaban J connectivity index is 2.17. The van der Waals surface area contributed by atoms with Crippen LogP contribution < -0.4 is 0 Å². The first kappa shape index (κ1) is 15.7. The van der Waals surface area contributed by atoms with Crippen LogP contribution in [-0.2, 0) is 9.59 Å². The number of allylic oxidation sites excluding steroid dienone is 2. The summed E-state index contributed by atoms with van der Waals surface area (Å²) in [5, 5.41) is 9.12. The maximum atomic E-state index is 12.9. The van der Waals surface area contributed by atoms with Crippen LogP contribution in [0.1, 0.15) is 51.2 Å². The average Bonchev–Trinajstić information content (AvgIpc) is 2.50. The van der Waals surface area contributed by atoms with Crippen molar-refractivity contribution in [3.05, 3.63) is 41.0 Å². The molecule has 2 aliphatic rings. The lowest BCUT2D eigenvalue weighted by Gasteiger charge is -2.36. The molecule has 3 rings (SSSR count). The zero-order chi connectivity index (χ0) is 16.8. The fraction of sp³-hybridized carbons (Fsp3) is 0.421. The van der Waals surface area contributed by atoms with Gasteiger partial charge in [0.2, 0.25) is 5.78 Å². The first-order valence-electron chi connectivity index (χ1n) is 7.97. The number of benzene rings is 1. The molecule has 0 saturated heterocycles. The van der Waals surface area contributed by atoms with Gasteiger partial charge in [-0.1, -0.05) is 38.1 Å². The molecule has 4 heteroatoms. The molecule has 1 aromatic rings. The third kappa shape index (κ3) is 2.74. The second-order valence-electron chi connectivity index (χ2n) is 7.16. The molecular formula is C19H21NO3. The van der Waals surface area contributed by atoms with Crippen LogP contribution in [0.2, 0.25) is 0 Å². The Kier molecular flexibility index (Phi) is 3.71. The van der Waals surface area contributed by atoms with Gasteiger partial charge in [0.15, 0.2) is 0 Å². The molecule has 0 saturated carbocycles. The van der Waals surface area contributed by atoms with Gasteiger partial charge in [0.05, 0.1) is 0 Å². The standard InChI is InChI=1S/C19H21NO3/c1-11(18(22)23)20-16-13-7-5-4-6-12(13)15-10-19(2,3)9-8-14(15)17(16)21/h4-7,11H,8-10H2,1-3H3,(H,22,23)/b20-16-/t11-/m0/s1. The highest BCUT2D eigenvalue weighted by molar-refractivity contribution is 6.54. The molecule has 4 nitrogen and oxygen atoms in total. The van der Waals surface area contributed by atoms with Crippen molar-refractivity contribution in [2.45, 2.75) is 46.1 Å². The number of nitrogens with zero attached hydrogens (tertiary/aromatic N) is 1. The molecule has 0 amide bonds. The third-order valence-electron chi connectivity index (χ3n) is 4.75. The van der Waals surface area contributed by atoms with Crippen LogP contribution in [-0.4, -0.2) is 28.6 Å². The van der Waals surface area contributed by atoms with Crippen molar-refractivity contribution in [1.29, 1.82) is 0 Å². The number of carboxylic acid groups (broad SMARTS) is 1. The lowest BCUT2D eigenvalue weighted by molar-refractivity contribution is -0.137. The number of rotatable bonds is 2. The van der Waals surface area contributed by atoms with Crippen molar-refractivity contribution in [3.8, 4) is 0 Å². The van der Waals surface area contributed by atoms with Crippen molar-refractivity contribution in [3.63, 3.8) is 0 Å². The number of ketones is 1. The van der Waals surface area contributed by atoms with Crippen molar-refractivity contribution in [2.75, 3.05) is 0 Å². The van der Waals surface area contributed by atoms with Gasteiger partial charge in [-0.15, -0.1) is 0 Å². The van der Waals surface area contributed by atoms with Gasteiger partial charge in [-0.25, -0.2) is 4.79 Å². The van der Waals surface area contributed by atoms with Crippen molar-refractivity contribution in [1.82, 2.24) is 0 Å². The Morgan fingerprint density at radius 3 is 2.52 bits per heavy atom. The van der Waals surface area contributed by atoms with E-state index in [4.69, 9.17) is 5.11 Å². The molecule has 0 bridgehead atoms. The molecule has 1 N–H and O–H groups in total. The third-order valence-corrected chi connectivity index (χ3v) is 4.75. The first-order valence-corrected chi connectivity index (χ1v) is 7.97. The van der Waals surface area contributed by atoms with E-state index in [-0.39, 0.29) is 11.2 Å². The van der Waals surface area contributed by atoms with E-state index in [9.17, 15) is 9.59 Å². The SMILES string of the molecule is C[C@H](/N=C1\C(=O)C2=C(CC(C)(C)CC2)c2ccccc21)C(=O)O. The van der Waals surface area contributed by atoms with Gasteiger partial charge in [-0.3, -0.25) is 9.79 Å². The van der Waals surface area contributed by atoms with Gasteiger partial charge in [0.1, 0.15) is 11.8 Å². The second kappa shape index (κ2) is 5.44. The summed E-state index contributed by atoms with van der Waals surface area (Å²) in [6.07, 6.45) is 2.56. The molecule has 2 aliphatic carbocycles. The maximum absolute atomic E-state index is 12.9. The maximum Gasteiger partial charge on any atom is 0.328 e. The minimum atomic E-state index is -1.02. The van der Waals surface area contributed by atoms with Crippen LogP contribution in [0.4, 0.5) is 0 Å². The van der Waals surface area contributed by atoms with Crippen LogP contribution in [0.25, 0.3) is 5.57 Å². The molecule has 0 aromatic heterocycles. The number of carboxylic acids is 1. The molecule has 0 spiro atoms. The quantitative estimate of drug-likeness (QED) is 0.909. The highest BCUT2D eigenvalue weighted by Gasteiger charge is 2.37. The number of Topliss-reactive ketones (excluding diaryl/α,β-unsaturated/α-hetero) is 1. The van der Waals surface area contributed by atoms with Gasteiger partial charge >= 0.3 is 5.97 Å². The summed E-state index contributed by atoms with van der Waals surface area (Å²) >= 11 is 0. The number of aliphatic carboxylic acids is 1. The number of carbonyl (C=O) groups is 2. The predicted octanol–water partition coefficient (Wildman–Crippen LogP) is 3.50. The normalized spacial score (nSPS) is 22.6. The Morgan fingerprint density at radius 2 is 1.87 bits per heavy atom. The molecule has 0 radical (unpaired) electrons. The van der Waals surface area contributed by atoms with E-state index < -0.39 is 12.0 Å². The first-order chi connectivity index (χ1) is 10.8. The largest absolute Gasteiger partial charge is 0.480 e. The Hall–Kier alpha value is -2.23. The number of carbonyl (C=O) groups excluding carboxylic acids is 1. The zero-order valence-electron chi connectivity index (χ0n) is 13.7. The number of aliphatic imine (C=N–C) groups is 1. The summed E-state index contributed by atoms with van der Waals surface area (Å²) in [4.78, 5) is 28.3. The molecule has 1 aromatic carbocycles. The lowest BCUT2D eigenvalue weighted by Crippen LogP contribution is -2.31. The summed E-state index contributed by atoms with van der Waals surface area (Å²) in [5.41, 5.74) is 4.21. The van der Waals surface area contributed by atoms with Gasteiger partial charge in [0, 0.05) is 11.1 Å². The van der Waals surface area contributed by atoms with E-state index in [1.165, 1.54) is 6.92 Å². The fourth-order valence-electron chi connectivity index (χ4n) is 3.39. The lowest BCUT2D eigenvalue weighted by atomic mass is 9.68. The number of hydrogen-bond acceptors (Lipinski definition) is 3. The van der Waals surface area contributed by atoms with Crippen molar-refractivity contribution < 1.29 is 14.7 Å². The molecule has 23 heavy (non-hydrogen) atoms. The van der Waals surface area contributed by atoms with Crippen molar-refractivity contribution >= 4 is 23.0 Å². The minimum Gasteiger partial charge on any atom is -0.480 e. The number of hydrogen-bond donors (Lipinski definition) is 1. The van der Waals surface area contributed by atoms with Gasteiger partial charge in [-0.05, 0) is 42.7 Å². The summed E-state index contributed by atoms with van der Waals surface area (Å²) in [6.45, 7) is 5.94. The highest BCUT2D eigenvalue weighted by atomic mass is 16.4. The van der Waals surface area contributed by atoms with Gasteiger partial charge < -0.3 is 5.11 Å². The van der Waals surface area contributed by atoms with Crippen LogP contribution in [0, 0.1) is 5.41 Å². The average molecular weight is 311 g/mol. The number of fused-ring (bicyclic) bond motifs is 2. The molecule has 120 valence electrons. The Bertz CT molecular complexity index is 756. The molecule has 0 fully saturated rings. The molecule has 1 atom stereocenters. The molecule has 0 unspecified atom stereocenters. The van der Waals surface area contributed by atoms with Crippen molar-refractivity contribution in [2.24, 2.45) is 10.4 Å². The van der Waals surface area contributed by atoms with Gasteiger partial charge in [-0.2, -0.15) is 0 Å². The zero-order valence-corrected chi connectivity index (χ0v) is 13.7. The summed E-state index contributed by atoms with van der Waals surface area (Å²) < 4.78 is 0. The van der Waals surface area contributed by atoms with E-state index in [1.807, 2.05) is 24.3 Å². The summed E-state index contributed by atoms with van der Waals surface area (Å²) in [7, 11) is 0. The van der Waals surface area contributed by atoms with Crippen LogP contribution in [0.5, 0.6) is 0 Å². The van der Waals surface area contributed by atoms with E-state index >= 15 is 0 Å². The van der Waals surface area contributed by atoms with E-state index in [0.717, 1.165) is 41.5 Å². The second-order valence-corrected chi connectivity index (χ2v) is 7.16. The van der Waals surface area contributed by atoms with E-state index in [2.05, 4.69) is 18.8 Å². The predicted molar refractivity (Wildman–Crippen MR) is 89.6 cm³/mol. The molecule has 0 heterocycles. The summed E-state index contributed by atoms with van der Waals surface area (Å²) in [5.74, 6) is -1.12. The Morgan fingerprint density at radius 1 is 1.22 bits per heavy atom. The molecule has 0 aliphatic heterocycles. The molecular weight excluding hydrogens is 290 g/mol. The fourth-order valence-corrected chi connectivity index (χ4v) is 3.39. The van der Waals surface area contributed by atoms with Crippen LogP contribution in [0.3, 0.4) is 0 Å². The van der Waals surface area contributed by atoms with Gasteiger partial charge in [0.25, 0.3) is 0 Å². The van der Waals surface area contributed by atoms with E-state index in [0.29, 0.717) is 5.71 Å². The van der Waals surface area contributed by atoms with Crippen LogP contribution >= 0.6 is 0 Å².